The number of hydrogen-bond donors (Lipinski definition) is 0. The molecule has 4 nitrogen and oxygen atoms in total. The maximum Gasteiger partial charge on any atom is 0.416 e. The molecule has 0 saturated carbocycles. The van der Waals surface area contributed by atoms with Crippen LogP contribution in [0.1, 0.15) is 19.4 Å². The first-order valence-electron chi connectivity index (χ1n) is 9.09. The minimum Gasteiger partial charge on any atom is -0.479 e. The fourth-order valence-corrected chi connectivity index (χ4v) is 2.96. The Balaban J connectivity index is 1.82. The Labute approximate surface area is 176 Å². The highest BCUT2D eigenvalue weighted by molar-refractivity contribution is 6.32. The van der Waals surface area contributed by atoms with Gasteiger partial charge < -0.3 is 14.2 Å². The molecule has 0 aliphatic carbocycles. The molecule has 0 bridgehead atoms. The van der Waals surface area contributed by atoms with E-state index >= 15 is 0 Å². The Morgan fingerprint density at radius 2 is 1.67 bits per heavy atom. The molecule has 0 N–H and O–H groups in total. The molecule has 30 heavy (non-hydrogen) atoms. The monoisotopic (exact) mass is 438 g/mol. The molecule has 0 aliphatic heterocycles. The topological polar surface area (TPSA) is 44.8 Å². The van der Waals surface area contributed by atoms with Crippen molar-refractivity contribution in [1.82, 2.24) is 0 Å². The van der Waals surface area contributed by atoms with E-state index < -0.39 is 23.8 Å². The first kappa shape index (κ1) is 21.8. The Morgan fingerprint density at radius 1 is 1.00 bits per heavy atom. The van der Waals surface area contributed by atoms with Crippen LogP contribution in [0.5, 0.6) is 17.2 Å². The molecule has 0 unspecified atom stereocenters. The van der Waals surface area contributed by atoms with Gasteiger partial charge in [-0.15, -0.1) is 0 Å². The second-order valence-corrected chi connectivity index (χ2v) is 6.84. The SMILES string of the molecule is CCOC(=O)[C@@H](C)Oc1ccc2ccc(Oc3ccc(C(F)(F)F)cc3Cl)cc2c1. The van der Waals surface area contributed by atoms with Crippen LogP contribution in [0.2, 0.25) is 5.02 Å². The lowest BCUT2D eigenvalue weighted by Crippen LogP contribution is -2.26. The highest BCUT2D eigenvalue weighted by Crippen LogP contribution is 2.37. The van der Waals surface area contributed by atoms with E-state index in [0.29, 0.717) is 11.5 Å². The van der Waals surface area contributed by atoms with Crippen molar-refractivity contribution in [2.75, 3.05) is 6.61 Å². The predicted octanol–water partition coefficient (Wildman–Crippen LogP) is 6.63. The number of alkyl halides is 3. The highest BCUT2D eigenvalue weighted by atomic mass is 35.5. The Hall–Kier alpha value is -2.93. The number of benzene rings is 3. The number of hydrogen-bond acceptors (Lipinski definition) is 4. The van der Waals surface area contributed by atoms with Gasteiger partial charge in [0.05, 0.1) is 17.2 Å². The molecule has 3 aromatic rings. The van der Waals surface area contributed by atoms with Crippen LogP contribution in [0.15, 0.2) is 54.6 Å². The van der Waals surface area contributed by atoms with Gasteiger partial charge in [-0.2, -0.15) is 13.2 Å². The van der Waals surface area contributed by atoms with E-state index in [1.165, 1.54) is 6.07 Å². The van der Waals surface area contributed by atoms with E-state index in [1.54, 1.807) is 44.2 Å². The number of ether oxygens (including phenoxy) is 3. The van der Waals surface area contributed by atoms with Crippen LogP contribution in [0, 0.1) is 0 Å². The lowest BCUT2D eigenvalue weighted by atomic mass is 10.1. The van der Waals surface area contributed by atoms with E-state index in [-0.39, 0.29) is 17.4 Å². The molecule has 0 heterocycles. The predicted molar refractivity (Wildman–Crippen MR) is 107 cm³/mol. The summed E-state index contributed by atoms with van der Waals surface area (Å²) in [7, 11) is 0. The summed E-state index contributed by atoms with van der Waals surface area (Å²) in [6.07, 6.45) is -5.25. The van der Waals surface area contributed by atoms with Gasteiger partial charge in [-0.05, 0) is 67.1 Å². The normalized spacial score (nSPS) is 12.5. The second kappa shape index (κ2) is 8.83. The van der Waals surface area contributed by atoms with Gasteiger partial charge in [-0.1, -0.05) is 23.7 Å². The van der Waals surface area contributed by atoms with Gasteiger partial charge in [0.25, 0.3) is 0 Å². The number of carbonyl (C=O) groups excluding carboxylic acids is 1. The smallest absolute Gasteiger partial charge is 0.416 e. The molecule has 0 amide bonds. The number of rotatable bonds is 6. The summed E-state index contributed by atoms with van der Waals surface area (Å²) in [6.45, 7) is 3.57. The van der Waals surface area contributed by atoms with Crippen LogP contribution in [-0.4, -0.2) is 18.7 Å². The molecular formula is C22H18ClF3O4. The third kappa shape index (κ3) is 5.16. The van der Waals surface area contributed by atoms with Crippen molar-refractivity contribution in [3.63, 3.8) is 0 Å². The van der Waals surface area contributed by atoms with Crippen LogP contribution in [0.3, 0.4) is 0 Å². The Bertz CT molecular complexity index is 1070. The highest BCUT2D eigenvalue weighted by Gasteiger charge is 2.31. The third-order valence-corrected chi connectivity index (χ3v) is 4.50. The third-order valence-electron chi connectivity index (χ3n) is 4.20. The van der Waals surface area contributed by atoms with Crippen molar-refractivity contribution in [3.05, 3.63) is 65.2 Å². The maximum absolute atomic E-state index is 12.8. The first-order chi connectivity index (χ1) is 14.2. The summed E-state index contributed by atoms with van der Waals surface area (Å²) >= 11 is 5.95. The van der Waals surface area contributed by atoms with Gasteiger partial charge in [0.1, 0.15) is 17.2 Å². The van der Waals surface area contributed by atoms with Gasteiger partial charge in [-0.3, -0.25) is 0 Å². The minimum absolute atomic E-state index is 0.104. The molecule has 3 aromatic carbocycles. The molecule has 0 radical (unpaired) electrons. The van der Waals surface area contributed by atoms with Gasteiger partial charge in [0.2, 0.25) is 0 Å². The fraction of sp³-hybridized carbons (Fsp3) is 0.227. The number of esters is 1. The average Bonchev–Trinajstić information content (AvgIpc) is 2.68. The van der Waals surface area contributed by atoms with Crippen molar-refractivity contribution < 1.29 is 32.2 Å². The molecule has 0 spiro atoms. The van der Waals surface area contributed by atoms with Crippen molar-refractivity contribution in [2.45, 2.75) is 26.1 Å². The van der Waals surface area contributed by atoms with E-state index in [0.717, 1.165) is 22.9 Å². The zero-order valence-electron chi connectivity index (χ0n) is 16.1. The summed E-state index contributed by atoms with van der Waals surface area (Å²) in [4.78, 5) is 11.7. The van der Waals surface area contributed by atoms with Gasteiger partial charge in [0.15, 0.2) is 6.10 Å². The van der Waals surface area contributed by atoms with Crippen LogP contribution in [-0.2, 0) is 15.7 Å². The number of fused-ring (bicyclic) bond motifs is 1. The van der Waals surface area contributed by atoms with Gasteiger partial charge >= 0.3 is 12.1 Å². The van der Waals surface area contributed by atoms with Crippen LogP contribution in [0.25, 0.3) is 10.8 Å². The summed E-state index contributed by atoms with van der Waals surface area (Å²) in [5.74, 6) is 0.492. The maximum atomic E-state index is 12.8. The van der Waals surface area contributed by atoms with Crippen LogP contribution >= 0.6 is 11.6 Å². The largest absolute Gasteiger partial charge is 0.479 e. The lowest BCUT2D eigenvalue weighted by Gasteiger charge is -2.14. The van der Waals surface area contributed by atoms with Gasteiger partial charge in [0, 0.05) is 0 Å². The second-order valence-electron chi connectivity index (χ2n) is 6.43. The van der Waals surface area contributed by atoms with Crippen molar-refractivity contribution in [1.29, 1.82) is 0 Å². The van der Waals surface area contributed by atoms with Crippen molar-refractivity contribution in [3.8, 4) is 17.2 Å². The van der Waals surface area contributed by atoms with Crippen molar-refractivity contribution >= 4 is 28.3 Å². The molecular weight excluding hydrogens is 421 g/mol. The summed E-state index contributed by atoms with van der Waals surface area (Å²) < 4.78 is 54.5. The van der Waals surface area contributed by atoms with E-state index in [2.05, 4.69) is 0 Å². The standard InChI is InChI=1S/C22H18ClF3O4/c1-3-28-21(27)13(2)29-17-7-4-14-5-8-18(11-15(14)10-17)30-20-9-6-16(12-19(20)23)22(24,25)26/h4-13H,3H2,1-2H3/t13-/m1/s1. The molecule has 0 aromatic heterocycles. The van der Waals surface area contributed by atoms with Crippen molar-refractivity contribution in [2.24, 2.45) is 0 Å². The number of halogens is 4. The van der Waals surface area contributed by atoms with Crippen LogP contribution in [0.4, 0.5) is 13.2 Å². The summed E-state index contributed by atoms with van der Waals surface area (Å²) in [6, 6.07) is 13.3. The van der Waals surface area contributed by atoms with E-state index in [4.69, 9.17) is 25.8 Å². The molecule has 0 aliphatic rings. The number of carbonyl (C=O) groups is 1. The minimum atomic E-state index is -4.48. The zero-order chi connectivity index (χ0) is 21.9. The molecule has 0 saturated heterocycles. The van der Waals surface area contributed by atoms with E-state index in [1.807, 2.05) is 6.07 Å². The lowest BCUT2D eigenvalue weighted by molar-refractivity contribution is -0.150. The average molecular weight is 439 g/mol. The fourth-order valence-electron chi connectivity index (χ4n) is 2.74. The Kier molecular flexibility index (Phi) is 6.41. The molecule has 0 fully saturated rings. The molecule has 8 heteroatoms. The summed E-state index contributed by atoms with van der Waals surface area (Å²) in [5, 5.41) is 1.49. The summed E-state index contributed by atoms with van der Waals surface area (Å²) in [5.41, 5.74) is -0.851. The molecule has 3 rings (SSSR count). The zero-order valence-corrected chi connectivity index (χ0v) is 16.9. The first-order valence-corrected chi connectivity index (χ1v) is 9.47. The Morgan fingerprint density at radius 3 is 2.30 bits per heavy atom. The molecule has 158 valence electrons. The van der Waals surface area contributed by atoms with Gasteiger partial charge in [-0.25, -0.2) is 4.79 Å². The quantitative estimate of drug-likeness (QED) is 0.405. The van der Waals surface area contributed by atoms with Crippen LogP contribution < -0.4 is 9.47 Å². The van der Waals surface area contributed by atoms with E-state index in [9.17, 15) is 18.0 Å². The molecule has 1 atom stereocenters.